The van der Waals surface area contributed by atoms with E-state index in [-0.39, 0.29) is 5.82 Å². The average Bonchev–Trinajstić information content (AvgIpc) is 2.44. The molecule has 5 heteroatoms. The number of nitrogens with zero attached hydrogens (tertiary/aromatic N) is 3. The highest BCUT2D eigenvalue weighted by Gasteiger charge is 2.08. The van der Waals surface area contributed by atoms with Crippen LogP contribution in [0.1, 0.15) is 22.6 Å². The molecular formula is C16H17FN4. The van der Waals surface area contributed by atoms with Crippen molar-refractivity contribution in [3.05, 3.63) is 65.4 Å². The Bertz CT molecular complexity index is 663. The highest BCUT2D eigenvalue weighted by molar-refractivity contribution is 5.80. The number of nitrogens with one attached hydrogen (secondary N) is 1. The van der Waals surface area contributed by atoms with Crippen LogP contribution in [-0.2, 0) is 6.42 Å². The van der Waals surface area contributed by atoms with Crippen LogP contribution >= 0.6 is 0 Å². The second-order valence-corrected chi connectivity index (χ2v) is 4.60. The Hall–Kier alpha value is -2.56. The second-order valence-electron chi connectivity index (χ2n) is 4.60. The third kappa shape index (κ3) is 3.95. The number of anilines is 1. The zero-order valence-corrected chi connectivity index (χ0v) is 12.1. The molecule has 108 valence electrons. The van der Waals surface area contributed by atoms with E-state index >= 15 is 0 Å². The summed E-state index contributed by atoms with van der Waals surface area (Å²) in [5, 5.41) is 4.14. The van der Waals surface area contributed by atoms with E-state index < -0.39 is 0 Å². The van der Waals surface area contributed by atoms with Gasteiger partial charge in [-0.3, -0.25) is 5.43 Å². The highest BCUT2D eigenvalue weighted by Crippen LogP contribution is 2.17. The molecule has 0 aliphatic carbocycles. The van der Waals surface area contributed by atoms with Crippen LogP contribution in [-0.4, -0.2) is 16.2 Å². The number of hydrogen-bond acceptors (Lipinski definition) is 4. The SMILES string of the molecule is C=CCc1c(C)nc(C)nc1N/N=C\c1ccc(F)cc1. The van der Waals surface area contributed by atoms with Crippen LogP contribution in [0, 0.1) is 19.7 Å². The number of aryl methyl sites for hydroxylation is 2. The van der Waals surface area contributed by atoms with Gasteiger partial charge in [0.2, 0.25) is 0 Å². The lowest BCUT2D eigenvalue weighted by Gasteiger charge is -2.09. The molecule has 0 aliphatic heterocycles. The van der Waals surface area contributed by atoms with Crippen molar-refractivity contribution in [3.8, 4) is 0 Å². The summed E-state index contributed by atoms with van der Waals surface area (Å²) >= 11 is 0. The number of hydrazone groups is 1. The molecule has 1 aromatic carbocycles. The van der Waals surface area contributed by atoms with Crippen LogP contribution in [0.15, 0.2) is 42.0 Å². The van der Waals surface area contributed by atoms with Gasteiger partial charge in [0.1, 0.15) is 11.6 Å². The van der Waals surface area contributed by atoms with Crippen molar-refractivity contribution in [1.82, 2.24) is 9.97 Å². The average molecular weight is 284 g/mol. The van der Waals surface area contributed by atoms with Gasteiger partial charge >= 0.3 is 0 Å². The first-order chi connectivity index (χ1) is 10.1. The van der Waals surface area contributed by atoms with E-state index in [1.807, 2.05) is 13.8 Å². The van der Waals surface area contributed by atoms with E-state index in [1.165, 1.54) is 12.1 Å². The van der Waals surface area contributed by atoms with Gasteiger partial charge in [-0.1, -0.05) is 18.2 Å². The fraction of sp³-hybridized carbons (Fsp3) is 0.188. The molecule has 1 N–H and O–H groups in total. The number of aromatic nitrogens is 2. The minimum Gasteiger partial charge on any atom is -0.261 e. The topological polar surface area (TPSA) is 50.2 Å². The van der Waals surface area contributed by atoms with Gasteiger partial charge in [-0.05, 0) is 38.0 Å². The molecule has 0 spiro atoms. The van der Waals surface area contributed by atoms with Crippen LogP contribution in [0.5, 0.6) is 0 Å². The Labute approximate surface area is 123 Å². The summed E-state index contributed by atoms with van der Waals surface area (Å²) in [5.74, 6) is 1.08. The molecule has 0 saturated carbocycles. The first-order valence-corrected chi connectivity index (χ1v) is 6.60. The molecule has 0 saturated heterocycles. The van der Waals surface area contributed by atoms with E-state index in [9.17, 15) is 4.39 Å². The molecule has 21 heavy (non-hydrogen) atoms. The van der Waals surface area contributed by atoms with Crippen LogP contribution in [0.3, 0.4) is 0 Å². The minimum atomic E-state index is -0.268. The maximum Gasteiger partial charge on any atom is 0.153 e. The Morgan fingerprint density at radius 3 is 2.62 bits per heavy atom. The third-order valence-electron chi connectivity index (χ3n) is 2.93. The predicted molar refractivity (Wildman–Crippen MR) is 83.0 cm³/mol. The highest BCUT2D eigenvalue weighted by atomic mass is 19.1. The predicted octanol–water partition coefficient (Wildman–Crippen LogP) is 3.41. The van der Waals surface area contributed by atoms with Gasteiger partial charge in [0.05, 0.1) is 6.21 Å². The minimum absolute atomic E-state index is 0.268. The summed E-state index contributed by atoms with van der Waals surface area (Å²) < 4.78 is 12.8. The third-order valence-corrected chi connectivity index (χ3v) is 2.93. The Kier molecular flexibility index (Phi) is 4.77. The Morgan fingerprint density at radius 1 is 1.24 bits per heavy atom. The van der Waals surface area contributed by atoms with E-state index in [0.29, 0.717) is 18.1 Å². The number of halogens is 1. The van der Waals surface area contributed by atoms with E-state index in [0.717, 1.165) is 16.8 Å². The Balaban J connectivity index is 2.18. The molecule has 0 aliphatic rings. The van der Waals surface area contributed by atoms with Gasteiger partial charge in [-0.25, -0.2) is 14.4 Å². The van der Waals surface area contributed by atoms with Gasteiger partial charge in [-0.15, -0.1) is 6.58 Å². The second kappa shape index (κ2) is 6.74. The zero-order valence-electron chi connectivity index (χ0n) is 12.1. The molecule has 0 unspecified atom stereocenters. The molecule has 2 rings (SSSR count). The molecule has 0 fully saturated rings. The van der Waals surface area contributed by atoms with Gasteiger partial charge in [0.25, 0.3) is 0 Å². The van der Waals surface area contributed by atoms with E-state index in [4.69, 9.17) is 0 Å². The van der Waals surface area contributed by atoms with Gasteiger partial charge < -0.3 is 0 Å². The quantitative estimate of drug-likeness (QED) is 0.520. The first kappa shape index (κ1) is 14.8. The fourth-order valence-electron chi connectivity index (χ4n) is 1.93. The number of benzene rings is 1. The summed E-state index contributed by atoms with van der Waals surface area (Å²) in [7, 11) is 0. The maximum atomic E-state index is 12.8. The van der Waals surface area contributed by atoms with Crippen LogP contribution in [0.25, 0.3) is 0 Å². The van der Waals surface area contributed by atoms with Gasteiger partial charge in [-0.2, -0.15) is 5.10 Å². The van der Waals surface area contributed by atoms with Crippen molar-refractivity contribution in [2.75, 3.05) is 5.43 Å². The maximum absolute atomic E-state index is 12.8. The summed E-state index contributed by atoms with van der Waals surface area (Å²) in [5.41, 5.74) is 5.59. The lowest BCUT2D eigenvalue weighted by Crippen LogP contribution is -2.05. The van der Waals surface area contributed by atoms with Crippen molar-refractivity contribution in [3.63, 3.8) is 0 Å². The summed E-state index contributed by atoms with van der Waals surface area (Å²) in [6.07, 6.45) is 4.08. The molecule has 4 nitrogen and oxygen atoms in total. The van der Waals surface area contributed by atoms with Crippen molar-refractivity contribution < 1.29 is 4.39 Å². The van der Waals surface area contributed by atoms with Crippen molar-refractivity contribution in [2.24, 2.45) is 5.10 Å². The molecule has 0 radical (unpaired) electrons. The monoisotopic (exact) mass is 284 g/mol. The standard InChI is InChI=1S/C16H17FN4/c1-4-5-15-11(2)19-12(3)20-16(15)21-18-10-13-6-8-14(17)9-7-13/h4,6-10H,1,5H2,2-3H3,(H,19,20,21)/b18-10-. The smallest absolute Gasteiger partial charge is 0.153 e. The fourth-order valence-corrected chi connectivity index (χ4v) is 1.93. The van der Waals surface area contributed by atoms with Crippen LogP contribution < -0.4 is 5.43 Å². The van der Waals surface area contributed by atoms with E-state index in [2.05, 4.69) is 27.1 Å². The number of hydrogen-bond donors (Lipinski definition) is 1. The van der Waals surface area contributed by atoms with Crippen molar-refractivity contribution >= 4 is 12.0 Å². The first-order valence-electron chi connectivity index (χ1n) is 6.60. The normalized spacial score (nSPS) is 10.8. The summed E-state index contributed by atoms with van der Waals surface area (Å²) in [6.45, 7) is 7.51. The molecule has 1 heterocycles. The molecule has 0 atom stereocenters. The van der Waals surface area contributed by atoms with Gasteiger partial charge in [0, 0.05) is 11.3 Å². The molecular weight excluding hydrogens is 267 g/mol. The Morgan fingerprint density at radius 2 is 1.95 bits per heavy atom. The van der Waals surface area contributed by atoms with Crippen LogP contribution in [0.4, 0.5) is 10.2 Å². The van der Waals surface area contributed by atoms with Crippen molar-refractivity contribution in [1.29, 1.82) is 0 Å². The zero-order chi connectivity index (χ0) is 15.2. The molecule has 1 aromatic heterocycles. The van der Waals surface area contributed by atoms with Gasteiger partial charge in [0.15, 0.2) is 5.82 Å². The largest absolute Gasteiger partial charge is 0.261 e. The number of rotatable bonds is 5. The molecule has 0 amide bonds. The summed E-state index contributed by atoms with van der Waals surface area (Å²) in [6, 6.07) is 6.09. The lowest BCUT2D eigenvalue weighted by atomic mass is 10.1. The lowest BCUT2D eigenvalue weighted by molar-refractivity contribution is 0.628. The molecule has 2 aromatic rings. The van der Waals surface area contributed by atoms with E-state index in [1.54, 1.807) is 24.4 Å². The molecule has 0 bridgehead atoms. The number of allylic oxidation sites excluding steroid dienone is 1. The van der Waals surface area contributed by atoms with Crippen LogP contribution in [0.2, 0.25) is 0 Å². The summed E-state index contributed by atoms with van der Waals surface area (Å²) in [4.78, 5) is 8.69. The van der Waals surface area contributed by atoms with Crippen molar-refractivity contribution in [2.45, 2.75) is 20.3 Å².